The summed E-state index contributed by atoms with van der Waals surface area (Å²) in [5.41, 5.74) is 7.95. The number of rotatable bonds is 4. The van der Waals surface area contributed by atoms with E-state index < -0.39 is 0 Å². The van der Waals surface area contributed by atoms with Gasteiger partial charge in [0, 0.05) is 58.6 Å². The Morgan fingerprint density at radius 2 is 0.978 bits per heavy atom. The molecule has 0 amide bonds. The third-order valence-electron chi connectivity index (χ3n) is 8.49. The highest BCUT2D eigenvalue weighted by Gasteiger charge is 2.17. The van der Waals surface area contributed by atoms with Crippen molar-refractivity contribution in [2.75, 3.05) is 0 Å². The second-order valence-corrected chi connectivity index (χ2v) is 12.3. The zero-order chi connectivity index (χ0) is 29.7. The number of thiophene rings is 1. The van der Waals surface area contributed by atoms with Crippen LogP contribution in [0.15, 0.2) is 152 Å². The fourth-order valence-corrected chi connectivity index (χ4v) is 7.57. The molecule has 0 radical (unpaired) electrons. The van der Waals surface area contributed by atoms with Crippen LogP contribution in [-0.4, -0.2) is 15.0 Å². The average molecular weight is 592 g/mol. The summed E-state index contributed by atoms with van der Waals surface area (Å²) in [6.45, 7) is 0. The molecule has 3 nitrogen and oxygen atoms in total. The van der Waals surface area contributed by atoms with Gasteiger partial charge in [-0.15, -0.1) is 11.3 Å². The van der Waals surface area contributed by atoms with Crippen molar-refractivity contribution in [2.45, 2.75) is 0 Å². The van der Waals surface area contributed by atoms with Gasteiger partial charge in [-0.25, -0.2) is 15.0 Å². The number of nitrogens with zero attached hydrogens (tertiary/aromatic N) is 3. The minimum absolute atomic E-state index is 0.699. The molecular formula is C41H25N3S. The first-order valence-corrected chi connectivity index (χ1v) is 15.9. The van der Waals surface area contributed by atoms with Gasteiger partial charge in [0.2, 0.25) is 0 Å². The van der Waals surface area contributed by atoms with Crippen LogP contribution in [-0.2, 0) is 0 Å². The van der Waals surface area contributed by atoms with Gasteiger partial charge in [-0.3, -0.25) is 0 Å². The smallest absolute Gasteiger partial charge is 0.160 e. The molecule has 9 aromatic rings. The Balaban J connectivity index is 1.21. The van der Waals surface area contributed by atoms with Gasteiger partial charge in [0.1, 0.15) is 0 Å². The van der Waals surface area contributed by atoms with Gasteiger partial charge < -0.3 is 0 Å². The van der Waals surface area contributed by atoms with E-state index in [1.165, 1.54) is 30.9 Å². The summed E-state index contributed by atoms with van der Waals surface area (Å²) >= 11 is 1.86. The summed E-state index contributed by atoms with van der Waals surface area (Å²) in [5.74, 6) is 0.699. The third-order valence-corrected chi connectivity index (χ3v) is 9.69. The summed E-state index contributed by atoms with van der Waals surface area (Å²) < 4.78 is 2.61. The van der Waals surface area contributed by atoms with E-state index in [2.05, 4.69) is 115 Å². The van der Waals surface area contributed by atoms with Gasteiger partial charge in [-0.1, -0.05) is 133 Å². The number of hydrogen-bond acceptors (Lipinski definition) is 4. The normalized spacial score (nSPS) is 11.6. The van der Waals surface area contributed by atoms with Crippen LogP contribution in [0.2, 0.25) is 0 Å². The second kappa shape index (κ2) is 10.5. The van der Waals surface area contributed by atoms with Crippen LogP contribution in [0.5, 0.6) is 0 Å². The number of para-hydroxylation sites is 1. The van der Waals surface area contributed by atoms with E-state index in [0.717, 1.165) is 50.2 Å². The summed E-state index contributed by atoms with van der Waals surface area (Å²) in [6, 6.07) is 52.9. The highest BCUT2D eigenvalue weighted by atomic mass is 32.1. The van der Waals surface area contributed by atoms with Crippen molar-refractivity contribution in [3.05, 3.63) is 152 Å². The molecule has 9 rings (SSSR count). The zero-order valence-corrected chi connectivity index (χ0v) is 25.0. The zero-order valence-electron chi connectivity index (χ0n) is 24.2. The molecule has 6 aromatic carbocycles. The summed E-state index contributed by atoms with van der Waals surface area (Å²) in [5, 5.41) is 6.22. The first kappa shape index (κ1) is 25.8. The molecular weight excluding hydrogens is 567 g/mol. The van der Waals surface area contributed by atoms with Crippen LogP contribution in [0.25, 0.3) is 87.0 Å². The Labute approximate surface area is 264 Å². The van der Waals surface area contributed by atoms with Gasteiger partial charge in [0.15, 0.2) is 5.82 Å². The Morgan fingerprint density at radius 3 is 1.69 bits per heavy atom. The Kier molecular flexibility index (Phi) is 6.00. The molecule has 0 aliphatic heterocycles. The lowest BCUT2D eigenvalue weighted by Gasteiger charge is -2.12. The van der Waals surface area contributed by atoms with Crippen molar-refractivity contribution in [2.24, 2.45) is 0 Å². The van der Waals surface area contributed by atoms with Crippen molar-refractivity contribution < 1.29 is 0 Å². The van der Waals surface area contributed by atoms with Gasteiger partial charge in [-0.05, 0) is 18.2 Å². The standard InChI is InChI=1S/C41H25N3S/c1-3-11-26(12-4-1)35-25-36(27-13-5-2-6-14-27)44-41(43-35)29-21-19-28(20-22-29)39-33-24-23-31-30-15-8-10-18-37(30)45-40(31)38(33)32-16-7-9-17-34(32)42-39/h1-25H. The first-order valence-electron chi connectivity index (χ1n) is 15.0. The van der Waals surface area contributed by atoms with E-state index in [0.29, 0.717) is 5.82 Å². The fourth-order valence-electron chi connectivity index (χ4n) is 6.30. The van der Waals surface area contributed by atoms with Crippen LogP contribution in [0, 0.1) is 0 Å². The SMILES string of the molecule is c1ccc(-c2cc(-c3ccccc3)nc(-c3ccc(-c4nc5ccccc5c5c4ccc4c6ccccc6sc45)cc3)n2)cc1. The van der Waals surface area contributed by atoms with Crippen molar-refractivity contribution in [3.63, 3.8) is 0 Å². The fraction of sp³-hybridized carbons (Fsp3) is 0. The third kappa shape index (κ3) is 4.38. The summed E-state index contributed by atoms with van der Waals surface area (Å²) in [7, 11) is 0. The maximum absolute atomic E-state index is 5.22. The molecule has 3 heterocycles. The first-order chi connectivity index (χ1) is 22.3. The lowest BCUT2D eigenvalue weighted by Crippen LogP contribution is -1.96. The van der Waals surface area contributed by atoms with Crippen molar-refractivity contribution >= 4 is 53.2 Å². The maximum Gasteiger partial charge on any atom is 0.160 e. The van der Waals surface area contributed by atoms with Gasteiger partial charge in [0.25, 0.3) is 0 Å². The van der Waals surface area contributed by atoms with Gasteiger partial charge in [0.05, 0.1) is 22.6 Å². The molecule has 45 heavy (non-hydrogen) atoms. The number of hydrogen-bond donors (Lipinski definition) is 0. The molecule has 0 aliphatic rings. The van der Waals surface area contributed by atoms with Crippen LogP contribution >= 0.6 is 11.3 Å². The molecule has 0 saturated carbocycles. The molecule has 0 fully saturated rings. The summed E-state index contributed by atoms with van der Waals surface area (Å²) in [6.07, 6.45) is 0. The Morgan fingerprint density at radius 1 is 0.400 bits per heavy atom. The predicted molar refractivity (Wildman–Crippen MR) is 189 cm³/mol. The molecule has 3 aromatic heterocycles. The quantitative estimate of drug-likeness (QED) is 0.191. The van der Waals surface area contributed by atoms with Crippen LogP contribution in [0.1, 0.15) is 0 Å². The molecule has 0 unspecified atom stereocenters. The number of benzene rings is 6. The molecule has 4 heteroatoms. The predicted octanol–water partition coefficient (Wildman–Crippen LogP) is 11.2. The van der Waals surface area contributed by atoms with E-state index in [4.69, 9.17) is 15.0 Å². The largest absolute Gasteiger partial charge is 0.247 e. The molecule has 0 bridgehead atoms. The minimum atomic E-state index is 0.699. The highest BCUT2D eigenvalue weighted by molar-refractivity contribution is 7.26. The second-order valence-electron chi connectivity index (χ2n) is 11.2. The molecule has 0 atom stereocenters. The van der Waals surface area contributed by atoms with Crippen molar-refractivity contribution in [1.82, 2.24) is 15.0 Å². The number of aromatic nitrogens is 3. The van der Waals surface area contributed by atoms with E-state index >= 15 is 0 Å². The number of fused-ring (bicyclic) bond motifs is 7. The molecule has 0 saturated heterocycles. The van der Waals surface area contributed by atoms with Crippen molar-refractivity contribution in [1.29, 1.82) is 0 Å². The Bertz CT molecular complexity index is 2460. The molecule has 0 spiro atoms. The van der Waals surface area contributed by atoms with Crippen LogP contribution in [0.3, 0.4) is 0 Å². The van der Waals surface area contributed by atoms with Gasteiger partial charge in [-0.2, -0.15) is 0 Å². The van der Waals surface area contributed by atoms with E-state index in [9.17, 15) is 0 Å². The lowest BCUT2D eigenvalue weighted by molar-refractivity contribution is 1.18. The van der Waals surface area contributed by atoms with Crippen LogP contribution in [0.4, 0.5) is 0 Å². The lowest BCUT2D eigenvalue weighted by atomic mass is 9.97. The molecule has 210 valence electrons. The minimum Gasteiger partial charge on any atom is -0.247 e. The topological polar surface area (TPSA) is 38.7 Å². The van der Waals surface area contributed by atoms with E-state index in [1.54, 1.807) is 0 Å². The highest BCUT2D eigenvalue weighted by Crippen LogP contribution is 2.43. The summed E-state index contributed by atoms with van der Waals surface area (Å²) in [4.78, 5) is 15.3. The Hall–Kier alpha value is -5.71. The molecule has 0 N–H and O–H groups in total. The number of pyridine rings is 1. The van der Waals surface area contributed by atoms with E-state index in [1.807, 2.05) is 47.7 Å². The monoisotopic (exact) mass is 591 g/mol. The van der Waals surface area contributed by atoms with Crippen molar-refractivity contribution in [3.8, 4) is 45.2 Å². The van der Waals surface area contributed by atoms with Gasteiger partial charge >= 0.3 is 0 Å². The maximum atomic E-state index is 5.22. The average Bonchev–Trinajstić information content (AvgIpc) is 3.51. The van der Waals surface area contributed by atoms with Crippen LogP contribution < -0.4 is 0 Å². The molecule has 0 aliphatic carbocycles. The van der Waals surface area contributed by atoms with E-state index in [-0.39, 0.29) is 0 Å².